The van der Waals surface area contributed by atoms with Crippen molar-refractivity contribution in [1.29, 1.82) is 0 Å². The summed E-state index contributed by atoms with van der Waals surface area (Å²) < 4.78 is 10.9. The van der Waals surface area contributed by atoms with Crippen molar-refractivity contribution in [2.45, 2.75) is 77.0 Å². The summed E-state index contributed by atoms with van der Waals surface area (Å²) in [5, 5.41) is 9.61. The van der Waals surface area contributed by atoms with Gasteiger partial charge in [-0.15, -0.1) is 0 Å². The molecule has 1 heterocycles. The number of aliphatic carboxylic acids is 1. The Morgan fingerprint density at radius 2 is 1.53 bits per heavy atom. The Balaban J connectivity index is 1.83. The summed E-state index contributed by atoms with van der Waals surface area (Å²) >= 11 is 0. The average Bonchev–Trinajstić information content (AvgIpc) is 2.81. The van der Waals surface area contributed by atoms with Crippen molar-refractivity contribution in [3.05, 3.63) is 42.2 Å². The normalized spacial score (nSPS) is 11.9. The smallest absolute Gasteiger partial charge is 0.311 e. The van der Waals surface area contributed by atoms with Crippen LogP contribution in [0.25, 0.3) is 11.4 Å². The van der Waals surface area contributed by atoms with Crippen molar-refractivity contribution in [2.24, 2.45) is 0 Å². The predicted molar refractivity (Wildman–Crippen MR) is 127 cm³/mol. The molecular weight excluding hydrogens is 404 g/mol. The molecule has 0 fully saturated rings. The molecule has 1 N–H and O–H groups in total. The van der Waals surface area contributed by atoms with Gasteiger partial charge < -0.3 is 14.6 Å². The van der Waals surface area contributed by atoms with Gasteiger partial charge in [-0.25, -0.2) is 9.97 Å². The molecule has 0 saturated carbocycles. The number of benzene rings is 1. The van der Waals surface area contributed by atoms with Crippen molar-refractivity contribution >= 4 is 5.97 Å². The first-order valence-corrected chi connectivity index (χ1v) is 11.9. The summed E-state index contributed by atoms with van der Waals surface area (Å²) in [7, 11) is 1.73. The molecule has 1 unspecified atom stereocenters. The molecule has 0 bridgehead atoms. The highest BCUT2D eigenvalue weighted by Gasteiger charge is 2.20. The molecule has 1 aromatic carbocycles. The Morgan fingerprint density at radius 1 is 0.906 bits per heavy atom. The molecule has 6 nitrogen and oxygen atoms in total. The topological polar surface area (TPSA) is 81.5 Å². The first kappa shape index (κ1) is 25.8. The van der Waals surface area contributed by atoms with Gasteiger partial charge >= 0.3 is 5.97 Å². The zero-order valence-electron chi connectivity index (χ0n) is 19.6. The third kappa shape index (κ3) is 9.35. The van der Waals surface area contributed by atoms with Gasteiger partial charge in [-0.2, -0.15) is 0 Å². The molecule has 0 aliphatic carbocycles. The minimum Gasteiger partial charge on any atom is -0.494 e. The van der Waals surface area contributed by atoms with Crippen LogP contribution >= 0.6 is 0 Å². The van der Waals surface area contributed by atoms with E-state index in [2.05, 4.69) is 16.9 Å². The number of ether oxygens (including phenoxy) is 2. The van der Waals surface area contributed by atoms with Crippen LogP contribution < -0.4 is 4.74 Å². The number of carboxylic acids is 1. The molecule has 0 spiro atoms. The molecule has 0 saturated heterocycles. The maximum Gasteiger partial charge on any atom is 0.311 e. The van der Waals surface area contributed by atoms with E-state index in [9.17, 15) is 9.90 Å². The third-order valence-corrected chi connectivity index (χ3v) is 5.59. The van der Waals surface area contributed by atoms with E-state index in [0.29, 0.717) is 24.4 Å². The molecule has 0 aliphatic rings. The van der Waals surface area contributed by atoms with Gasteiger partial charge in [0, 0.05) is 37.2 Å². The lowest BCUT2D eigenvalue weighted by atomic mass is 9.95. The van der Waals surface area contributed by atoms with Gasteiger partial charge in [-0.1, -0.05) is 45.4 Å². The van der Waals surface area contributed by atoms with E-state index in [1.165, 1.54) is 12.8 Å². The van der Waals surface area contributed by atoms with Crippen LogP contribution in [-0.2, 0) is 9.53 Å². The van der Waals surface area contributed by atoms with E-state index in [0.717, 1.165) is 62.9 Å². The lowest BCUT2D eigenvalue weighted by Crippen LogP contribution is -2.12. The Hall–Kier alpha value is -2.47. The number of carboxylic acid groups (broad SMARTS) is 1. The first-order chi connectivity index (χ1) is 15.7. The molecule has 6 heteroatoms. The van der Waals surface area contributed by atoms with Crippen LogP contribution in [0.3, 0.4) is 0 Å². The van der Waals surface area contributed by atoms with Crippen LogP contribution in [0.4, 0.5) is 0 Å². The molecule has 0 amide bonds. The fourth-order valence-electron chi connectivity index (χ4n) is 3.64. The summed E-state index contributed by atoms with van der Waals surface area (Å²) in [6.07, 6.45) is 13.9. The fraction of sp³-hybridized carbons (Fsp3) is 0.577. The molecule has 2 rings (SSSR count). The van der Waals surface area contributed by atoms with Gasteiger partial charge in [0.25, 0.3) is 0 Å². The van der Waals surface area contributed by atoms with Gasteiger partial charge in [0.05, 0.1) is 12.5 Å². The standard InChI is InChI=1S/C26H38N2O4/c1-3-4-5-6-9-12-24(26(29)30)22-19-27-25(28-20-22)21-13-15-23(16-14-21)32-18-11-8-7-10-17-31-2/h13-16,19-20,24H,3-12,17-18H2,1-2H3,(H,29,30). The number of rotatable bonds is 17. The number of unbranched alkanes of at least 4 members (excludes halogenated alkanes) is 7. The van der Waals surface area contributed by atoms with E-state index >= 15 is 0 Å². The lowest BCUT2D eigenvalue weighted by Gasteiger charge is -2.12. The van der Waals surface area contributed by atoms with Gasteiger partial charge in [-0.05, 0) is 49.9 Å². The van der Waals surface area contributed by atoms with E-state index in [1.54, 1.807) is 19.5 Å². The summed E-state index contributed by atoms with van der Waals surface area (Å²) in [4.78, 5) is 20.6. The van der Waals surface area contributed by atoms with Gasteiger partial charge in [0.2, 0.25) is 0 Å². The molecule has 1 atom stereocenters. The highest BCUT2D eigenvalue weighted by atomic mass is 16.5. The van der Waals surface area contributed by atoms with Crippen LogP contribution in [0.1, 0.15) is 82.6 Å². The molecule has 32 heavy (non-hydrogen) atoms. The van der Waals surface area contributed by atoms with Crippen LogP contribution in [0.2, 0.25) is 0 Å². The summed E-state index contributed by atoms with van der Waals surface area (Å²) in [5.41, 5.74) is 1.55. The number of carbonyl (C=O) groups is 1. The van der Waals surface area contributed by atoms with Crippen LogP contribution in [0.5, 0.6) is 5.75 Å². The molecule has 0 aliphatic heterocycles. The van der Waals surface area contributed by atoms with Crippen LogP contribution in [0.15, 0.2) is 36.7 Å². The van der Waals surface area contributed by atoms with E-state index in [1.807, 2.05) is 24.3 Å². The van der Waals surface area contributed by atoms with Gasteiger partial charge in [0.1, 0.15) is 5.75 Å². The van der Waals surface area contributed by atoms with Crippen LogP contribution in [-0.4, -0.2) is 41.4 Å². The average molecular weight is 443 g/mol. The number of nitrogens with zero attached hydrogens (tertiary/aromatic N) is 2. The minimum absolute atomic E-state index is 0.545. The van der Waals surface area contributed by atoms with Crippen molar-refractivity contribution in [1.82, 2.24) is 9.97 Å². The second-order valence-corrected chi connectivity index (χ2v) is 8.21. The quantitative estimate of drug-likeness (QED) is 0.291. The molecule has 2 aromatic rings. The van der Waals surface area contributed by atoms with Crippen molar-refractivity contribution in [3.8, 4) is 17.1 Å². The second-order valence-electron chi connectivity index (χ2n) is 8.21. The predicted octanol–water partition coefficient (Wildman–Crippen LogP) is 6.26. The number of aromatic nitrogens is 2. The maximum atomic E-state index is 11.7. The lowest BCUT2D eigenvalue weighted by molar-refractivity contribution is -0.139. The number of methoxy groups -OCH3 is 1. The Kier molecular flexibility index (Phi) is 12.4. The third-order valence-electron chi connectivity index (χ3n) is 5.59. The fourth-order valence-corrected chi connectivity index (χ4v) is 3.64. The highest BCUT2D eigenvalue weighted by Crippen LogP contribution is 2.25. The second kappa shape index (κ2) is 15.4. The summed E-state index contributed by atoms with van der Waals surface area (Å²) in [6.45, 7) is 3.69. The van der Waals surface area contributed by atoms with Crippen molar-refractivity contribution < 1.29 is 19.4 Å². The molecule has 176 valence electrons. The van der Waals surface area contributed by atoms with Gasteiger partial charge in [0.15, 0.2) is 5.82 Å². The monoisotopic (exact) mass is 442 g/mol. The van der Waals surface area contributed by atoms with E-state index in [-0.39, 0.29) is 0 Å². The van der Waals surface area contributed by atoms with E-state index < -0.39 is 11.9 Å². The Bertz CT molecular complexity index is 762. The zero-order valence-corrected chi connectivity index (χ0v) is 19.6. The number of hydrogen-bond acceptors (Lipinski definition) is 5. The highest BCUT2D eigenvalue weighted by molar-refractivity contribution is 5.75. The van der Waals surface area contributed by atoms with Crippen molar-refractivity contribution in [3.63, 3.8) is 0 Å². The first-order valence-electron chi connectivity index (χ1n) is 11.9. The Labute approximate surface area is 192 Å². The SMILES string of the molecule is CCCCCCCC(C(=O)O)c1cnc(-c2ccc(OCCCCCCOC)cc2)nc1. The summed E-state index contributed by atoms with van der Waals surface area (Å²) in [6, 6.07) is 7.72. The number of hydrogen-bond donors (Lipinski definition) is 1. The van der Waals surface area contributed by atoms with E-state index in [4.69, 9.17) is 9.47 Å². The van der Waals surface area contributed by atoms with Crippen molar-refractivity contribution in [2.75, 3.05) is 20.3 Å². The molecule has 1 aromatic heterocycles. The largest absolute Gasteiger partial charge is 0.494 e. The zero-order chi connectivity index (χ0) is 23.0. The van der Waals surface area contributed by atoms with Gasteiger partial charge in [-0.3, -0.25) is 4.79 Å². The minimum atomic E-state index is -0.808. The summed E-state index contributed by atoms with van der Waals surface area (Å²) in [5.74, 6) is 0.0646. The molecule has 0 radical (unpaired) electrons. The maximum absolute atomic E-state index is 11.7. The Morgan fingerprint density at radius 3 is 2.16 bits per heavy atom. The molecular formula is C26H38N2O4. The van der Waals surface area contributed by atoms with Crippen LogP contribution in [0, 0.1) is 0 Å².